The fraction of sp³-hybridized carbons (Fsp3) is 0.318. The first-order chi connectivity index (χ1) is 16.2. The van der Waals surface area contributed by atoms with E-state index in [1.807, 2.05) is 34.4 Å². The minimum Gasteiger partial charge on any atom is -0.293 e. The van der Waals surface area contributed by atoms with E-state index in [9.17, 15) is 22.0 Å². The average molecular weight is 489 g/mol. The molecule has 1 fully saturated rings. The highest BCUT2D eigenvalue weighted by Gasteiger charge is 2.33. The molecule has 0 aliphatic carbocycles. The monoisotopic (exact) mass is 488 g/mol. The van der Waals surface area contributed by atoms with Gasteiger partial charge in [-0.15, -0.1) is 10.2 Å². The van der Waals surface area contributed by atoms with Crippen LogP contribution in [0.2, 0.25) is 0 Å². The number of benzene rings is 2. The van der Waals surface area contributed by atoms with E-state index in [2.05, 4.69) is 10.2 Å². The molecule has 0 saturated carbocycles. The van der Waals surface area contributed by atoms with Gasteiger partial charge in [-0.25, -0.2) is 17.2 Å². The normalized spacial score (nSPS) is 16.0. The van der Waals surface area contributed by atoms with E-state index in [1.54, 1.807) is 7.05 Å². The molecule has 12 heteroatoms. The Hall–Kier alpha value is -3.22. The van der Waals surface area contributed by atoms with E-state index in [1.165, 1.54) is 4.57 Å². The predicted molar refractivity (Wildman–Crippen MR) is 121 cm³/mol. The number of aryl methyl sites for hydroxylation is 2. The summed E-state index contributed by atoms with van der Waals surface area (Å²) in [5.74, 6) is -1.20. The van der Waals surface area contributed by atoms with Gasteiger partial charge in [-0.05, 0) is 31.2 Å². The number of piperazine rings is 1. The molecule has 1 aliphatic heterocycles. The third-order valence-corrected chi connectivity index (χ3v) is 8.10. The van der Waals surface area contributed by atoms with Gasteiger partial charge in [-0.1, -0.05) is 17.7 Å². The first-order valence-electron chi connectivity index (χ1n) is 10.7. The largest absolute Gasteiger partial charge is 0.293 e. The average Bonchev–Trinajstić information content (AvgIpc) is 3.21. The SMILES string of the molecule is Cc1ccc2c(c1)c(=O)n(C)c1nnc(CN3CCN(S(=O)(=O)c4c(F)cccc4F)CC3)n21. The third-order valence-electron chi connectivity index (χ3n) is 6.15. The summed E-state index contributed by atoms with van der Waals surface area (Å²) in [6.45, 7) is 3.11. The lowest BCUT2D eigenvalue weighted by atomic mass is 10.1. The van der Waals surface area contributed by atoms with Gasteiger partial charge in [0.1, 0.15) is 11.6 Å². The summed E-state index contributed by atoms with van der Waals surface area (Å²) >= 11 is 0. The van der Waals surface area contributed by atoms with E-state index >= 15 is 0 Å². The molecule has 178 valence electrons. The molecule has 34 heavy (non-hydrogen) atoms. The van der Waals surface area contributed by atoms with Crippen LogP contribution < -0.4 is 5.56 Å². The number of nitrogens with zero attached hydrogens (tertiary/aromatic N) is 6. The molecule has 2 aromatic carbocycles. The molecule has 0 N–H and O–H groups in total. The van der Waals surface area contributed by atoms with Crippen LogP contribution in [0, 0.1) is 18.6 Å². The Morgan fingerprint density at radius 1 is 1.00 bits per heavy atom. The Kier molecular flexibility index (Phi) is 5.46. The van der Waals surface area contributed by atoms with Crippen molar-refractivity contribution in [3.8, 4) is 0 Å². The van der Waals surface area contributed by atoms with Crippen LogP contribution in [0.15, 0.2) is 46.1 Å². The van der Waals surface area contributed by atoms with E-state index in [4.69, 9.17) is 0 Å². The van der Waals surface area contributed by atoms with Gasteiger partial charge in [-0.3, -0.25) is 18.7 Å². The lowest BCUT2D eigenvalue weighted by Crippen LogP contribution is -2.48. The fourth-order valence-corrected chi connectivity index (χ4v) is 5.88. The van der Waals surface area contributed by atoms with Crippen LogP contribution >= 0.6 is 0 Å². The van der Waals surface area contributed by atoms with Gasteiger partial charge in [-0.2, -0.15) is 4.31 Å². The van der Waals surface area contributed by atoms with Gasteiger partial charge in [0.15, 0.2) is 10.7 Å². The van der Waals surface area contributed by atoms with Gasteiger partial charge in [0, 0.05) is 33.2 Å². The van der Waals surface area contributed by atoms with Gasteiger partial charge >= 0.3 is 0 Å². The maximum Gasteiger partial charge on any atom is 0.262 e. The van der Waals surface area contributed by atoms with E-state index in [0.29, 0.717) is 42.1 Å². The Morgan fingerprint density at radius 2 is 1.68 bits per heavy atom. The number of fused-ring (bicyclic) bond motifs is 3. The minimum atomic E-state index is -4.30. The summed E-state index contributed by atoms with van der Waals surface area (Å²) in [5.41, 5.74) is 1.49. The zero-order chi connectivity index (χ0) is 24.2. The number of sulfonamides is 1. The second-order valence-electron chi connectivity index (χ2n) is 8.37. The molecule has 4 aromatic rings. The van der Waals surface area contributed by atoms with Crippen molar-refractivity contribution in [2.45, 2.75) is 18.4 Å². The second kappa shape index (κ2) is 8.22. The molecule has 0 atom stereocenters. The molecule has 1 aliphatic rings. The topological polar surface area (TPSA) is 92.8 Å². The number of hydrogen-bond donors (Lipinski definition) is 0. The molecule has 9 nitrogen and oxygen atoms in total. The molecule has 5 rings (SSSR count). The van der Waals surface area contributed by atoms with Crippen LogP contribution in [0.3, 0.4) is 0 Å². The quantitative estimate of drug-likeness (QED) is 0.434. The zero-order valence-corrected chi connectivity index (χ0v) is 19.4. The van der Waals surface area contributed by atoms with Crippen molar-refractivity contribution < 1.29 is 17.2 Å². The summed E-state index contributed by atoms with van der Waals surface area (Å²) in [5, 5.41) is 9.03. The molecule has 1 saturated heterocycles. The highest BCUT2D eigenvalue weighted by atomic mass is 32.2. The van der Waals surface area contributed by atoms with Crippen LogP contribution in [0.5, 0.6) is 0 Å². The summed E-state index contributed by atoms with van der Waals surface area (Å²) in [4.78, 5) is 13.8. The summed E-state index contributed by atoms with van der Waals surface area (Å²) < 4.78 is 58.2. The maximum absolute atomic E-state index is 14.1. The first kappa shape index (κ1) is 22.6. The Labute approximate surface area is 193 Å². The molecular formula is C22H22F2N6O3S. The molecule has 3 heterocycles. The Balaban J connectivity index is 1.41. The first-order valence-corrected chi connectivity index (χ1v) is 12.1. The highest BCUT2D eigenvalue weighted by Crippen LogP contribution is 2.24. The number of halogens is 2. The maximum atomic E-state index is 14.1. The van der Waals surface area contributed by atoms with Crippen LogP contribution in [-0.2, 0) is 23.6 Å². The second-order valence-corrected chi connectivity index (χ2v) is 10.2. The van der Waals surface area contributed by atoms with E-state index in [0.717, 1.165) is 28.1 Å². The molecule has 0 unspecified atom stereocenters. The number of rotatable bonds is 4. The van der Waals surface area contributed by atoms with Gasteiger partial charge in [0.05, 0.1) is 17.4 Å². The zero-order valence-electron chi connectivity index (χ0n) is 18.6. The van der Waals surface area contributed by atoms with Crippen molar-refractivity contribution in [3.63, 3.8) is 0 Å². The van der Waals surface area contributed by atoms with Crippen molar-refractivity contribution in [2.24, 2.45) is 7.05 Å². The standard InChI is InChI=1S/C22H22F2N6O3S/c1-14-6-7-18-15(12-14)21(31)27(2)22-26-25-19(30(18)22)13-28-8-10-29(11-9-28)34(32,33)20-16(23)4-3-5-17(20)24/h3-7,12H,8-11,13H2,1-2H3. The Bertz CT molecular complexity index is 1570. The van der Waals surface area contributed by atoms with Crippen molar-refractivity contribution in [1.82, 2.24) is 28.4 Å². The fourth-order valence-electron chi connectivity index (χ4n) is 4.35. The molecule has 0 spiro atoms. The third kappa shape index (κ3) is 3.58. The van der Waals surface area contributed by atoms with E-state index in [-0.39, 0.29) is 18.6 Å². The van der Waals surface area contributed by atoms with Crippen LogP contribution in [0.25, 0.3) is 16.7 Å². The van der Waals surface area contributed by atoms with Crippen LogP contribution in [0.1, 0.15) is 11.4 Å². The van der Waals surface area contributed by atoms with Crippen LogP contribution in [0.4, 0.5) is 8.78 Å². The highest BCUT2D eigenvalue weighted by molar-refractivity contribution is 7.89. The number of aromatic nitrogens is 4. The lowest BCUT2D eigenvalue weighted by Gasteiger charge is -2.33. The minimum absolute atomic E-state index is 0.0747. The summed E-state index contributed by atoms with van der Waals surface area (Å²) in [7, 11) is -2.66. The molecule has 0 bridgehead atoms. The number of hydrogen-bond acceptors (Lipinski definition) is 6. The predicted octanol–water partition coefficient (Wildman–Crippen LogP) is 1.67. The van der Waals surface area contributed by atoms with E-state index < -0.39 is 26.6 Å². The summed E-state index contributed by atoms with van der Waals surface area (Å²) in [6, 6.07) is 8.59. The van der Waals surface area contributed by atoms with Gasteiger partial charge in [0.2, 0.25) is 15.8 Å². The van der Waals surface area contributed by atoms with Gasteiger partial charge in [0.25, 0.3) is 5.56 Å². The van der Waals surface area contributed by atoms with Crippen molar-refractivity contribution in [2.75, 3.05) is 26.2 Å². The van der Waals surface area contributed by atoms with Crippen molar-refractivity contribution in [3.05, 3.63) is 69.8 Å². The lowest BCUT2D eigenvalue weighted by molar-refractivity contribution is 0.177. The van der Waals surface area contributed by atoms with Gasteiger partial charge < -0.3 is 0 Å². The molecular weight excluding hydrogens is 466 g/mol. The van der Waals surface area contributed by atoms with Crippen LogP contribution in [-0.4, -0.2) is 63.0 Å². The molecule has 0 amide bonds. The van der Waals surface area contributed by atoms with Crippen molar-refractivity contribution >= 4 is 26.7 Å². The molecule has 0 radical (unpaired) electrons. The smallest absolute Gasteiger partial charge is 0.262 e. The van der Waals surface area contributed by atoms with Crippen molar-refractivity contribution in [1.29, 1.82) is 0 Å². The molecule has 2 aromatic heterocycles. The Morgan fingerprint density at radius 3 is 2.35 bits per heavy atom. The summed E-state index contributed by atoms with van der Waals surface area (Å²) in [6.07, 6.45) is 0.